The highest BCUT2D eigenvalue weighted by Gasteiger charge is 2.41. The summed E-state index contributed by atoms with van der Waals surface area (Å²) in [5.74, 6) is 7.40. The first-order valence-electron chi connectivity index (χ1n) is 10.7. The maximum absolute atomic E-state index is 5.58. The molecule has 0 saturated heterocycles. The molecule has 1 aliphatic rings. The Bertz CT molecular complexity index is 830. The minimum absolute atomic E-state index is 0.00293. The SMILES string of the molecule is C#CCOc1ccc(C2(c3ccc(OCC#C)cc3)CCC(C(C)(C)C)CC2)cc1. The molecule has 1 saturated carbocycles. The van der Waals surface area contributed by atoms with E-state index in [0.717, 1.165) is 30.3 Å². The summed E-state index contributed by atoms with van der Waals surface area (Å²) in [6.45, 7) is 7.66. The molecule has 3 rings (SSSR count). The number of benzene rings is 2. The predicted molar refractivity (Wildman–Crippen MR) is 124 cm³/mol. The topological polar surface area (TPSA) is 18.5 Å². The summed E-state index contributed by atoms with van der Waals surface area (Å²) in [5, 5.41) is 0. The van der Waals surface area contributed by atoms with Crippen molar-refractivity contribution in [3.63, 3.8) is 0 Å². The minimum atomic E-state index is -0.00293. The van der Waals surface area contributed by atoms with Gasteiger partial charge in [-0.15, -0.1) is 12.8 Å². The van der Waals surface area contributed by atoms with Gasteiger partial charge in [0.25, 0.3) is 0 Å². The Labute approximate surface area is 182 Å². The van der Waals surface area contributed by atoms with Crippen LogP contribution in [-0.2, 0) is 5.41 Å². The largest absolute Gasteiger partial charge is 0.481 e. The van der Waals surface area contributed by atoms with Crippen molar-refractivity contribution < 1.29 is 9.47 Å². The Hall–Kier alpha value is -2.84. The van der Waals surface area contributed by atoms with E-state index in [9.17, 15) is 0 Å². The van der Waals surface area contributed by atoms with E-state index in [1.807, 2.05) is 24.3 Å². The van der Waals surface area contributed by atoms with Gasteiger partial charge in [0, 0.05) is 5.41 Å². The smallest absolute Gasteiger partial charge is 0.148 e. The Morgan fingerprint density at radius 3 is 1.53 bits per heavy atom. The summed E-state index contributed by atoms with van der Waals surface area (Å²) >= 11 is 0. The number of hydrogen-bond donors (Lipinski definition) is 0. The molecule has 0 aliphatic heterocycles. The molecule has 1 aliphatic carbocycles. The Morgan fingerprint density at radius 1 is 0.800 bits per heavy atom. The summed E-state index contributed by atoms with van der Waals surface area (Å²) in [5.41, 5.74) is 3.00. The molecule has 0 atom stereocenters. The van der Waals surface area contributed by atoms with E-state index in [1.54, 1.807) is 0 Å². The first kappa shape index (κ1) is 21.9. The van der Waals surface area contributed by atoms with E-state index in [2.05, 4.69) is 56.9 Å². The molecule has 0 heterocycles. The third-order valence-electron chi connectivity index (χ3n) is 6.52. The van der Waals surface area contributed by atoms with Gasteiger partial charge in [0.15, 0.2) is 0 Å². The van der Waals surface area contributed by atoms with Crippen LogP contribution in [0.25, 0.3) is 0 Å². The monoisotopic (exact) mass is 400 g/mol. The van der Waals surface area contributed by atoms with E-state index >= 15 is 0 Å². The maximum atomic E-state index is 5.58. The van der Waals surface area contributed by atoms with Gasteiger partial charge in [-0.3, -0.25) is 0 Å². The van der Waals surface area contributed by atoms with E-state index in [-0.39, 0.29) is 18.6 Å². The predicted octanol–water partition coefficient (Wildman–Crippen LogP) is 6.23. The molecule has 0 spiro atoms. The van der Waals surface area contributed by atoms with E-state index in [4.69, 9.17) is 22.3 Å². The quantitative estimate of drug-likeness (QED) is 0.535. The maximum Gasteiger partial charge on any atom is 0.148 e. The Morgan fingerprint density at radius 2 is 1.20 bits per heavy atom. The molecule has 2 nitrogen and oxygen atoms in total. The van der Waals surface area contributed by atoms with Crippen molar-refractivity contribution >= 4 is 0 Å². The van der Waals surface area contributed by atoms with Gasteiger partial charge in [-0.05, 0) is 72.4 Å². The average molecular weight is 401 g/mol. The zero-order valence-corrected chi connectivity index (χ0v) is 18.4. The van der Waals surface area contributed by atoms with Crippen LogP contribution in [0.15, 0.2) is 48.5 Å². The molecule has 2 aromatic rings. The normalized spacial score (nSPS) is 16.3. The highest BCUT2D eigenvalue weighted by Crippen LogP contribution is 2.50. The van der Waals surface area contributed by atoms with E-state index in [0.29, 0.717) is 5.41 Å². The summed E-state index contributed by atoms with van der Waals surface area (Å²) in [7, 11) is 0. The Kier molecular flexibility index (Phi) is 6.79. The van der Waals surface area contributed by atoms with E-state index < -0.39 is 0 Å². The Balaban J connectivity index is 1.92. The fraction of sp³-hybridized carbons (Fsp3) is 0.429. The van der Waals surface area contributed by atoms with Gasteiger partial charge < -0.3 is 9.47 Å². The molecule has 0 radical (unpaired) electrons. The summed E-state index contributed by atoms with van der Waals surface area (Å²) in [6, 6.07) is 16.9. The number of hydrogen-bond acceptors (Lipinski definition) is 2. The first-order valence-corrected chi connectivity index (χ1v) is 10.7. The van der Waals surface area contributed by atoms with Gasteiger partial charge in [0.05, 0.1) is 0 Å². The van der Waals surface area contributed by atoms with Crippen LogP contribution in [0.5, 0.6) is 11.5 Å². The average Bonchev–Trinajstić information content (AvgIpc) is 2.76. The van der Waals surface area contributed by atoms with Gasteiger partial charge in [-0.2, -0.15) is 0 Å². The first-order chi connectivity index (χ1) is 14.4. The van der Waals surface area contributed by atoms with Crippen LogP contribution < -0.4 is 9.47 Å². The number of ether oxygens (including phenoxy) is 2. The van der Waals surface area contributed by atoms with Gasteiger partial charge in [-0.1, -0.05) is 56.9 Å². The molecule has 0 amide bonds. The van der Waals surface area contributed by atoms with Crippen LogP contribution in [-0.4, -0.2) is 13.2 Å². The molecular weight excluding hydrogens is 368 g/mol. The van der Waals surface area contributed by atoms with Crippen LogP contribution in [0.2, 0.25) is 0 Å². The van der Waals surface area contributed by atoms with Crippen molar-refractivity contribution in [3.05, 3.63) is 59.7 Å². The molecular formula is C28H32O2. The van der Waals surface area contributed by atoms with Gasteiger partial charge in [-0.25, -0.2) is 0 Å². The second kappa shape index (κ2) is 9.32. The fourth-order valence-electron chi connectivity index (χ4n) is 4.71. The van der Waals surface area contributed by atoms with Gasteiger partial charge in [0.2, 0.25) is 0 Å². The summed E-state index contributed by atoms with van der Waals surface area (Å²) in [6.07, 6.45) is 15.3. The fourth-order valence-corrected chi connectivity index (χ4v) is 4.71. The molecule has 0 N–H and O–H groups in total. The second-order valence-corrected chi connectivity index (χ2v) is 9.26. The van der Waals surface area contributed by atoms with Crippen LogP contribution in [0.4, 0.5) is 0 Å². The highest BCUT2D eigenvalue weighted by atomic mass is 16.5. The lowest BCUT2D eigenvalue weighted by atomic mass is 9.59. The third-order valence-corrected chi connectivity index (χ3v) is 6.52. The highest BCUT2D eigenvalue weighted by molar-refractivity contribution is 5.44. The molecule has 2 heteroatoms. The summed E-state index contributed by atoms with van der Waals surface area (Å²) in [4.78, 5) is 0. The molecule has 2 aromatic carbocycles. The van der Waals surface area contributed by atoms with Crippen molar-refractivity contribution in [1.29, 1.82) is 0 Å². The van der Waals surface area contributed by atoms with Crippen LogP contribution >= 0.6 is 0 Å². The minimum Gasteiger partial charge on any atom is -0.481 e. The third kappa shape index (κ3) is 4.83. The van der Waals surface area contributed by atoms with Crippen molar-refractivity contribution in [2.75, 3.05) is 13.2 Å². The molecule has 0 unspecified atom stereocenters. The standard InChI is InChI=1S/C28H32O2/c1-6-20-29-25-12-8-23(9-13-25)28(18-16-22(17-19-28)27(3,4)5)24-10-14-26(15-11-24)30-21-7-2/h1-2,8-15,22H,16-21H2,3-5H3. The van der Waals surface area contributed by atoms with Crippen molar-refractivity contribution in [3.8, 4) is 36.2 Å². The van der Waals surface area contributed by atoms with Crippen LogP contribution in [0, 0.1) is 36.0 Å². The zero-order valence-electron chi connectivity index (χ0n) is 18.4. The second-order valence-electron chi connectivity index (χ2n) is 9.26. The van der Waals surface area contributed by atoms with Gasteiger partial charge >= 0.3 is 0 Å². The van der Waals surface area contributed by atoms with Crippen molar-refractivity contribution in [2.45, 2.75) is 51.9 Å². The summed E-state index contributed by atoms with van der Waals surface area (Å²) < 4.78 is 11.2. The van der Waals surface area contributed by atoms with Gasteiger partial charge in [0.1, 0.15) is 24.7 Å². The van der Waals surface area contributed by atoms with Crippen LogP contribution in [0.1, 0.15) is 57.6 Å². The lowest BCUT2D eigenvalue weighted by Crippen LogP contribution is -2.36. The molecule has 156 valence electrons. The van der Waals surface area contributed by atoms with Crippen molar-refractivity contribution in [1.82, 2.24) is 0 Å². The molecule has 0 bridgehead atoms. The lowest BCUT2D eigenvalue weighted by molar-refractivity contribution is 0.146. The molecule has 0 aromatic heterocycles. The number of terminal acetylenes is 2. The van der Waals surface area contributed by atoms with Crippen LogP contribution in [0.3, 0.4) is 0 Å². The molecule has 30 heavy (non-hydrogen) atoms. The zero-order chi connectivity index (χ0) is 21.6. The lowest BCUT2D eigenvalue weighted by Gasteiger charge is -2.45. The van der Waals surface area contributed by atoms with Crippen molar-refractivity contribution in [2.24, 2.45) is 11.3 Å². The number of rotatable bonds is 6. The van der Waals surface area contributed by atoms with E-state index in [1.165, 1.54) is 24.0 Å². The molecule has 1 fully saturated rings.